The number of nitrogens with zero attached hydrogens (tertiary/aromatic N) is 1. The van der Waals surface area contributed by atoms with Gasteiger partial charge in [0.2, 0.25) is 3.79 Å². The van der Waals surface area contributed by atoms with Crippen LogP contribution >= 0.6 is 34.8 Å². The third-order valence-electron chi connectivity index (χ3n) is 9.33. The summed E-state index contributed by atoms with van der Waals surface area (Å²) in [5.74, 6) is -3.34. The van der Waals surface area contributed by atoms with Gasteiger partial charge in [-0.05, 0) is 68.2 Å². The van der Waals surface area contributed by atoms with Crippen LogP contribution in [0.3, 0.4) is 0 Å². The summed E-state index contributed by atoms with van der Waals surface area (Å²) < 4.78 is 60.6. The van der Waals surface area contributed by atoms with E-state index in [2.05, 4.69) is 15.6 Å². The Labute approximate surface area is 350 Å². The number of rotatable bonds is 12. The lowest BCUT2D eigenvalue weighted by atomic mass is 9.98. The van der Waals surface area contributed by atoms with Gasteiger partial charge in [0.25, 0.3) is 5.56 Å². The van der Waals surface area contributed by atoms with E-state index in [4.69, 9.17) is 82.2 Å². The summed E-state index contributed by atoms with van der Waals surface area (Å²) in [6, 6.07) is -0.659. The Hall–Kier alpha value is -2.72. The summed E-state index contributed by atoms with van der Waals surface area (Å²) in [4.78, 5) is 67.7. The van der Waals surface area contributed by atoms with E-state index < -0.39 is 124 Å². The molecule has 4 saturated heterocycles. The first kappa shape index (κ1) is 46.3. The van der Waals surface area contributed by atoms with Crippen LogP contribution in [0.25, 0.3) is 0 Å². The maximum absolute atomic E-state index is 14.3. The molecular formula is C36H53Cl3N4O15. The summed E-state index contributed by atoms with van der Waals surface area (Å²) in [6.45, 7) is 16.2. The van der Waals surface area contributed by atoms with E-state index in [1.807, 2.05) is 13.8 Å². The Bertz CT molecular complexity index is 1770. The van der Waals surface area contributed by atoms with E-state index in [-0.39, 0.29) is 6.54 Å². The van der Waals surface area contributed by atoms with Gasteiger partial charge in [-0.25, -0.2) is 19.2 Å². The second kappa shape index (κ2) is 17.3. The van der Waals surface area contributed by atoms with Crippen molar-refractivity contribution in [2.24, 2.45) is 0 Å². The lowest BCUT2D eigenvalue weighted by Crippen LogP contribution is -2.59. The van der Waals surface area contributed by atoms with Crippen molar-refractivity contribution in [1.29, 1.82) is 0 Å². The second-order valence-corrected chi connectivity index (χ2v) is 19.2. The number of ether oxygens (including phenoxy) is 10. The topological polar surface area (TPSA) is 222 Å². The molecule has 3 N–H and O–H groups in total. The minimum absolute atomic E-state index is 0.0997. The predicted octanol–water partition coefficient (Wildman–Crippen LogP) is 3.70. The van der Waals surface area contributed by atoms with E-state index in [1.165, 1.54) is 6.20 Å². The molecule has 4 aliphatic rings. The van der Waals surface area contributed by atoms with Gasteiger partial charge in [0.05, 0.1) is 0 Å². The Kier molecular flexibility index (Phi) is 13.9. The van der Waals surface area contributed by atoms with Crippen molar-refractivity contribution in [1.82, 2.24) is 20.2 Å². The van der Waals surface area contributed by atoms with Gasteiger partial charge in [0, 0.05) is 18.8 Å². The SMILES string of the molecule is CCC1(CC)O[C@H]2[C@H](O[C@H]([C@H]3O[C@@H](n4ccc(=O)[nH]c4=O)[C@@H]4OC(C)(C)O[C@H]34)[C@H](NC(=O)OCC(Cl)(Cl)Cl)C(=O)OC(C)(C)C)O[C@H](CNC(=O)OC(C)(C)C)[C@H]2O1. The van der Waals surface area contributed by atoms with Crippen molar-refractivity contribution < 1.29 is 61.8 Å². The number of alkyl carbamates (subject to hydrolysis) is 2. The Morgan fingerprint density at radius 2 is 1.50 bits per heavy atom. The average Bonchev–Trinajstić information content (AvgIpc) is 3.80. The summed E-state index contributed by atoms with van der Waals surface area (Å²) in [5, 5.41) is 5.18. The normalized spacial score (nSPS) is 29.9. The molecule has 10 atom stereocenters. The molecule has 4 aliphatic heterocycles. The number of hydrogen-bond donors (Lipinski definition) is 3. The molecule has 1 aromatic rings. The lowest BCUT2D eigenvalue weighted by Gasteiger charge is -2.37. The van der Waals surface area contributed by atoms with Gasteiger partial charge in [-0.1, -0.05) is 48.7 Å². The van der Waals surface area contributed by atoms with E-state index in [0.717, 1.165) is 10.6 Å². The molecule has 58 heavy (non-hydrogen) atoms. The highest BCUT2D eigenvalue weighted by molar-refractivity contribution is 6.67. The van der Waals surface area contributed by atoms with Gasteiger partial charge in [0.15, 0.2) is 30.1 Å². The zero-order valence-electron chi connectivity index (χ0n) is 34.0. The standard InChI is InChI=1S/C36H53Cl3N4O15/c1-11-35(12-2)55-20-17(15-40-30(47)58-33(6,7)8)50-28(25(20)56-35)52-21(19(27(45)57-32(3,4)5)42-31(48)49-16-36(37,38)39)22-23-24(54-34(9,10)53-23)26(51-22)43-14-13-18(44)41-29(43)46/h13-14,17,19-26,28H,11-12,15-16H2,1-10H3,(H,40,47)(H,42,48)(H,41,44,46)/t17-,19+,20-,21+,22-,23-,24-,25-,26-,28+/m1/s1. The summed E-state index contributed by atoms with van der Waals surface area (Å²) in [7, 11) is 0. The summed E-state index contributed by atoms with van der Waals surface area (Å²) in [5.41, 5.74) is -3.36. The van der Waals surface area contributed by atoms with Crippen molar-refractivity contribution >= 4 is 53.0 Å². The van der Waals surface area contributed by atoms with Crippen molar-refractivity contribution in [3.8, 4) is 0 Å². The van der Waals surface area contributed by atoms with Gasteiger partial charge in [-0.2, -0.15) is 0 Å². The number of fused-ring (bicyclic) bond motifs is 2. The number of H-pyrrole nitrogens is 1. The predicted molar refractivity (Wildman–Crippen MR) is 204 cm³/mol. The van der Waals surface area contributed by atoms with Crippen molar-refractivity contribution in [2.45, 2.75) is 170 Å². The Morgan fingerprint density at radius 3 is 2.09 bits per heavy atom. The van der Waals surface area contributed by atoms with Crippen LogP contribution in [-0.2, 0) is 52.2 Å². The molecule has 0 spiro atoms. The maximum Gasteiger partial charge on any atom is 0.408 e. The third-order valence-corrected chi connectivity index (χ3v) is 9.66. The largest absolute Gasteiger partial charge is 0.458 e. The van der Waals surface area contributed by atoms with Crippen LogP contribution in [0, 0.1) is 0 Å². The summed E-state index contributed by atoms with van der Waals surface area (Å²) >= 11 is 17.5. The number of halogens is 3. The number of aromatic nitrogens is 2. The fraction of sp³-hybridized carbons (Fsp3) is 0.806. The molecule has 2 amide bonds. The van der Waals surface area contributed by atoms with Gasteiger partial charge in [-0.15, -0.1) is 0 Å². The molecule has 19 nitrogen and oxygen atoms in total. The first-order chi connectivity index (χ1) is 26.7. The van der Waals surface area contributed by atoms with Crippen molar-refractivity contribution in [2.75, 3.05) is 13.2 Å². The molecule has 0 bridgehead atoms. The van der Waals surface area contributed by atoms with E-state index >= 15 is 0 Å². The molecule has 0 unspecified atom stereocenters. The molecular weight excluding hydrogens is 835 g/mol. The van der Waals surface area contributed by atoms with Crippen LogP contribution in [0.1, 0.15) is 88.3 Å². The smallest absolute Gasteiger partial charge is 0.408 e. The third kappa shape index (κ3) is 11.3. The number of aromatic amines is 1. The number of alkyl halides is 3. The number of amides is 2. The van der Waals surface area contributed by atoms with Crippen LogP contribution in [0.15, 0.2) is 21.9 Å². The number of carbonyl (C=O) groups is 3. The number of hydrogen-bond acceptors (Lipinski definition) is 15. The minimum atomic E-state index is -2.01. The number of esters is 1. The zero-order valence-corrected chi connectivity index (χ0v) is 36.2. The molecule has 22 heteroatoms. The highest BCUT2D eigenvalue weighted by Crippen LogP contribution is 2.47. The van der Waals surface area contributed by atoms with Crippen LogP contribution in [-0.4, -0.2) is 122 Å². The molecule has 0 aliphatic carbocycles. The molecule has 1 aromatic heterocycles. The number of nitrogens with one attached hydrogen (secondary N) is 3. The van der Waals surface area contributed by atoms with Crippen LogP contribution < -0.4 is 21.9 Å². The molecule has 328 valence electrons. The molecule has 0 saturated carbocycles. The minimum Gasteiger partial charge on any atom is -0.458 e. The van der Waals surface area contributed by atoms with E-state index in [9.17, 15) is 24.0 Å². The van der Waals surface area contributed by atoms with E-state index in [0.29, 0.717) is 12.8 Å². The molecule has 4 fully saturated rings. The average molecular weight is 888 g/mol. The quantitative estimate of drug-likeness (QED) is 0.155. The lowest BCUT2D eigenvalue weighted by molar-refractivity contribution is -0.275. The Balaban J connectivity index is 1.58. The first-order valence-electron chi connectivity index (χ1n) is 18.9. The van der Waals surface area contributed by atoms with Gasteiger partial charge in [-0.3, -0.25) is 14.3 Å². The fourth-order valence-electron chi connectivity index (χ4n) is 7.02. The number of carbonyl (C=O) groups excluding carboxylic acids is 3. The summed E-state index contributed by atoms with van der Waals surface area (Å²) in [6.07, 6.45) is -10.2. The monoisotopic (exact) mass is 886 g/mol. The van der Waals surface area contributed by atoms with Gasteiger partial charge in [0.1, 0.15) is 60.5 Å². The Morgan fingerprint density at radius 1 is 0.879 bits per heavy atom. The van der Waals surface area contributed by atoms with Crippen molar-refractivity contribution in [3.63, 3.8) is 0 Å². The molecule has 0 aromatic carbocycles. The zero-order chi connectivity index (χ0) is 43.2. The van der Waals surface area contributed by atoms with Gasteiger partial charge >= 0.3 is 23.8 Å². The maximum atomic E-state index is 14.3. The second-order valence-electron chi connectivity index (χ2n) is 16.7. The fourth-order valence-corrected chi connectivity index (χ4v) is 7.18. The molecule has 5 rings (SSSR count). The van der Waals surface area contributed by atoms with E-state index in [1.54, 1.807) is 55.4 Å². The van der Waals surface area contributed by atoms with Crippen LogP contribution in [0.2, 0.25) is 0 Å². The highest BCUT2D eigenvalue weighted by Gasteiger charge is 2.63. The van der Waals surface area contributed by atoms with Crippen LogP contribution in [0.5, 0.6) is 0 Å². The van der Waals surface area contributed by atoms with Crippen LogP contribution in [0.4, 0.5) is 9.59 Å². The van der Waals surface area contributed by atoms with Crippen molar-refractivity contribution in [3.05, 3.63) is 33.1 Å². The first-order valence-corrected chi connectivity index (χ1v) is 20.0. The highest BCUT2D eigenvalue weighted by atomic mass is 35.6. The molecule has 0 radical (unpaired) electrons. The molecule has 5 heterocycles. The van der Waals surface area contributed by atoms with Gasteiger partial charge < -0.3 is 58.0 Å².